The Bertz CT molecular complexity index is 475. The van der Waals surface area contributed by atoms with Crippen molar-refractivity contribution in [2.75, 3.05) is 16.8 Å². The molecule has 1 saturated heterocycles. The van der Waals surface area contributed by atoms with Gasteiger partial charge in [-0.1, -0.05) is 13.8 Å². The summed E-state index contributed by atoms with van der Waals surface area (Å²) in [5, 5.41) is 12.8. The van der Waals surface area contributed by atoms with E-state index in [2.05, 4.69) is 5.32 Å². The first-order chi connectivity index (χ1) is 8.87. The zero-order valence-electron chi connectivity index (χ0n) is 11.1. The molecule has 104 valence electrons. The lowest BCUT2D eigenvalue weighted by atomic mass is 9.70. The van der Waals surface area contributed by atoms with E-state index in [0.29, 0.717) is 11.4 Å². The minimum atomic E-state index is -1.02. The topological polar surface area (TPSA) is 49.3 Å². The first kappa shape index (κ1) is 14.2. The summed E-state index contributed by atoms with van der Waals surface area (Å²) >= 11 is 1.64. The Kier molecular flexibility index (Phi) is 3.76. The second-order valence-electron chi connectivity index (χ2n) is 5.53. The Morgan fingerprint density at radius 1 is 1.37 bits per heavy atom. The van der Waals surface area contributed by atoms with Gasteiger partial charge < -0.3 is 10.4 Å². The molecule has 3 nitrogen and oxygen atoms in total. The van der Waals surface area contributed by atoms with Gasteiger partial charge in [0.05, 0.1) is 0 Å². The van der Waals surface area contributed by atoms with Crippen LogP contribution in [0.2, 0.25) is 0 Å². The van der Waals surface area contributed by atoms with Crippen LogP contribution in [-0.2, 0) is 4.79 Å². The fraction of sp³-hybridized carbons (Fsp3) is 0.500. The van der Waals surface area contributed by atoms with Gasteiger partial charge >= 0.3 is 5.97 Å². The molecule has 1 fully saturated rings. The third kappa shape index (κ3) is 2.56. The van der Waals surface area contributed by atoms with Crippen molar-refractivity contribution in [2.45, 2.75) is 25.8 Å². The molecule has 0 amide bonds. The van der Waals surface area contributed by atoms with Crippen molar-refractivity contribution in [2.24, 2.45) is 5.41 Å². The van der Waals surface area contributed by atoms with Gasteiger partial charge in [0.15, 0.2) is 0 Å². The molecule has 0 aliphatic carbocycles. The number of thioether (sulfide) groups is 1. The molecule has 2 N–H and O–H groups in total. The maximum absolute atomic E-state index is 12.9. The SMILES string of the molecule is CC1(C)CCSCC1(Nc1ccc(F)cc1)C(=O)O. The molecular weight excluding hydrogens is 265 g/mol. The van der Waals surface area contributed by atoms with E-state index in [4.69, 9.17) is 0 Å². The molecule has 0 saturated carbocycles. The standard InChI is InChI=1S/C14H18FNO2S/c1-13(2)7-8-19-9-14(13,12(17)18)16-11-5-3-10(15)4-6-11/h3-6,16H,7-9H2,1-2H3,(H,17,18). The molecule has 2 rings (SSSR count). The first-order valence-corrected chi connectivity index (χ1v) is 7.38. The molecule has 0 bridgehead atoms. The molecule has 1 aliphatic rings. The van der Waals surface area contributed by atoms with E-state index in [9.17, 15) is 14.3 Å². The number of hydrogen-bond donors (Lipinski definition) is 2. The highest BCUT2D eigenvalue weighted by molar-refractivity contribution is 7.99. The molecular formula is C14H18FNO2S. The minimum absolute atomic E-state index is 0.327. The van der Waals surface area contributed by atoms with E-state index < -0.39 is 11.5 Å². The maximum atomic E-state index is 12.9. The fourth-order valence-corrected chi connectivity index (χ4v) is 4.04. The number of aliphatic carboxylic acids is 1. The van der Waals surface area contributed by atoms with Crippen molar-refractivity contribution in [1.29, 1.82) is 0 Å². The molecule has 0 radical (unpaired) electrons. The van der Waals surface area contributed by atoms with Crippen molar-refractivity contribution < 1.29 is 14.3 Å². The summed E-state index contributed by atoms with van der Waals surface area (Å²) in [5.41, 5.74) is -0.744. The van der Waals surface area contributed by atoms with Crippen molar-refractivity contribution >= 4 is 23.4 Å². The summed E-state index contributed by atoms with van der Waals surface area (Å²) in [5.74, 6) is 0.293. The third-order valence-electron chi connectivity index (χ3n) is 3.91. The van der Waals surface area contributed by atoms with Crippen molar-refractivity contribution in [3.05, 3.63) is 30.1 Å². The van der Waals surface area contributed by atoms with Crippen molar-refractivity contribution in [1.82, 2.24) is 0 Å². The Balaban J connectivity index is 2.34. The number of benzene rings is 1. The van der Waals surface area contributed by atoms with E-state index in [1.807, 2.05) is 13.8 Å². The zero-order valence-corrected chi connectivity index (χ0v) is 11.9. The van der Waals surface area contributed by atoms with Crippen LogP contribution in [0.4, 0.5) is 10.1 Å². The molecule has 1 unspecified atom stereocenters. The Labute approximate surface area is 116 Å². The van der Waals surface area contributed by atoms with Crippen LogP contribution in [0, 0.1) is 11.2 Å². The highest BCUT2D eigenvalue weighted by Gasteiger charge is 2.53. The number of carboxylic acids is 1. The smallest absolute Gasteiger partial charge is 0.330 e. The summed E-state index contributed by atoms with van der Waals surface area (Å²) < 4.78 is 12.9. The van der Waals surface area contributed by atoms with Crippen LogP contribution < -0.4 is 5.32 Å². The lowest BCUT2D eigenvalue weighted by molar-refractivity contribution is -0.145. The monoisotopic (exact) mass is 283 g/mol. The molecule has 0 spiro atoms. The molecule has 5 heteroatoms. The Hall–Kier alpha value is -1.23. The van der Waals surface area contributed by atoms with Gasteiger partial charge in [-0.3, -0.25) is 0 Å². The molecule has 19 heavy (non-hydrogen) atoms. The number of nitrogens with one attached hydrogen (secondary N) is 1. The molecule has 1 heterocycles. The van der Waals surface area contributed by atoms with Crippen LogP contribution in [0.3, 0.4) is 0 Å². The predicted molar refractivity (Wildman–Crippen MR) is 76.1 cm³/mol. The van der Waals surface area contributed by atoms with Crippen LogP contribution in [0.25, 0.3) is 0 Å². The molecule has 1 atom stereocenters. The van der Waals surface area contributed by atoms with Gasteiger partial charge in [0.1, 0.15) is 11.4 Å². The summed E-state index contributed by atoms with van der Waals surface area (Å²) in [7, 11) is 0. The highest BCUT2D eigenvalue weighted by Crippen LogP contribution is 2.44. The van der Waals surface area contributed by atoms with E-state index >= 15 is 0 Å². The van der Waals surface area contributed by atoms with Crippen molar-refractivity contribution in [3.63, 3.8) is 0 Å². The van der Waals surface area contributed by atoms with Gasteiger partial charge in [0, 0.05) is 16.9 Å². The minimum Gasteiger partial charge on any atom is -0.479 e. The van der Waals surface area contributed by atoms with Crippen LogP contribution in [-0.4, -0.2) is 28.1 Å². The van der Waals surface area contributed by atoms with Crippen LogP contribution in [0.5, 0.6) is 0 Å². The number of rotatable bonds is 3. The lowest BCUT2D eigenvalue weighted by Crippen LogP contribution is -2.61. The molecule has 1 aromatic carbocycles. The molecule has 1 aliphatic heterocycles. The fourth-order valence-electron chi connectivity index (χ4n) is 2.35. The number of carboxylic acid groups (broad SMARTS) is 1. The van der Waals surface area contributed by atoms with E-state index in [1.165, 1.54) is 12.1 Å². The predicted octanol–water partition coefficient (Wildman–Crippen LogP) is 3.22. The summed E-state index contributed by atoms with van der Waals surface area (Å²) in [6, 6.07) is 5.83. The average molecular weight is 283 g/mol. The zero-order chi connectivity index (χ0) is 14.1. The van der Waals surface area contributed by atoms with E-state index in [0.717, 1.165) is 12.2 Å². The number of hydrogen-bond acceptors (Lipinski definition) is 3. The number of halogens is 1. The van der Waals surface area contributed by atoms with Gasteiger partial charge in [-0.15, -0.1) is 0 Å². The maximum Gasteiger partial charge on any atom is 0.330 e. The second-order valence-corrected chi connectivity index (χ2v) is 6.63. The molecule has 1 aromatic rings. The number of anilines is 1. The van der Waals surface area contributed by atoms with Crippen molar-refractivity contribution in [3.8, 4) is 0 Å². The average Bonchev–Trinajstić information content (AvgIpc) is 2.34. The van der Waals surface area contributed by atoms with Crippen LogP contribution >= 0.6 is 11.8 Å². The highest BCUT2D eigenvalue weighted by atomic mass is 32.2. The summed E-state index contributed by atoms with van der Waals surface area (Å²) in [6.45, 7) is 3.94. The normalized spacial score (nSPS) is 25.8. The third-order valence-corrected chi connectivity index (χ3v) is 5.04. The van der Waals surface area contributed by atoms with Gasteiger partial charge in [-0.2, -0.15) is 11.8 Å². The van der Waals surface area contributed by atoms with Gasteiger partial charge in [-0.25, -0.2) is 9.18 Å². The Morgan fingerprint density at radius 2 is 2.00 bits per heavy atom. The Morgan fingerprint density at radius 3 is 2.53 bits per heavy atom. The molecule has 0 aromatic heterocycles. The van der Waals surface area contributed by atoms with E-state index in [1.54, 1.807) is 23.9 Å². The largest absolute Gasteiger partial charge is 0.479 e. The summed E-state index contributed by atoms with van der Waals surface area (Å²) in [4.78, 5) is 11.8. The van der Waals surface area contributed by atoms with Crippen LogP contribution in [0.1, 0.15) is 20.3 Å². The van der Waals surface area contributed by atoms with Gasteiger partial charge in [0.2, 0.25) is 0 Å². The second kappa shape index (κ2) is 5.04. The first-order valence-electron chi connectivity index (χ1n) is 6.22. The van der Waals surface area contributed by atoms with E-state index in [-0.39, 0.29) is 11.2 Å². The number of carbonyl (C=O) groups is 1. The quantitative estimate of drug-likeness (QED) is 0.894. The van der Waals surface area contributed by atoms with Crippen LogP contribution in [0.15, 0.2) is 24.3 Å². The lowest BCUT2D eigenvalue weighted by Gasteiger charge is -2.47. The van der Waals surface area contributed by atoms with Gasteiger partial charge in [0.25, 0.3) is 0 Å². The summed E-state index contributed by atoms with van der Waals surface area (Å²) in [6.07, 6.45) is 0.832. The van der Waals surface area contributed by atoms with Gasteiger partial charge in [-0.05, 0) is 36.4 Å².